The highest BCUT2D eigenvalue weighted by Gasteiger charge is 2.21. The minimum Gasteiger partial charge on any atom is -0.345 e. The van der Waals surface area contributed by atoms with Crippen molar-refractivity contribution in [3.05, 3.63) is 30.1 Å². The summed E-state index contributed by atoms with van der Waals surface area (Å²) in [5.74, 6) is 1.64. The first-order chi connectivity index (χ1) is 10.7. The van der Waals surface area contributed by atoms with E-state index in [-0.39, 0.29) is 11.9 Å². The Kier molecular flexibility index (Phi) is 6.27. The average molecular weight is 320 g/mol. The molecule has 2 aromatic rings. The van der Waals surface area contributed by atoms with Gasteiger partial charge >= 0.3 is 0 Å². The zero-order valence-electron chi connectivity index (χ0n) is 13.1. The topological polar surface area (TPSA) is 83.8 Å². The molecule has 1 aromatic heterocycles. The maximum Gasteiger partial charge on any atom is 0.237 e. The van der Waals surface area contributed by atoms with E-state index >= 15 is 0 Å². The molecule has 0 radical (unpaired) electrons. The van der Waals surface area contributed by atoms with Crippen molar-refractivity contribution in [2.75, 3.05) is 12.0 Å². The highest BCUT2D eigenvalue weighted by molar-refractivity contribution is 7.98. The normalized spacial score (nSPS) is 14.0. The molecule has 0 fully saturated rings. The summed E-state index contributed by atoms with van der Waals surface area (Å²) in [6.45, 7) is 2.03. The molecule has 1 heterocycles. The van der Waals surface area contributed by atoms with Gasteiger partial charge < -0.3 is 16.0 Å². The van der Waals surface area contributed by atoms with Crippen molar-refractivity contribution in [1.29, 1.82) is 0 Å². The van der Waals surface area contributed by atoms with Crippen LogP contribution in [-0.2, 0) is 4.79 Å². The molecule has 2 atom stereocenters. The number of aromatic nitrogens is 2. The van der Waals surface area contributed by atoms with E-state index in [0.717, 1.165) is 35.5 Å². The van der Waals surface area contributed by atoms with Gasteiger partial charge in [-0.25, -0.2) is 4.98 Å². The molecule has 120 valence electrons. The number of nitrogens with zero attached hydrogens (tertiary/aromatic N) is 1. The monoisotopic (exact) mass is 320 g/mol. The number of nitrogens with two attached hydrogens (primary N) is 1. The number of amides is 1. The van der Waals surface area contributed by atoms with Gasteiger partial charge in [-0.1, -0.05) is 25.5 Å². The molecule has 2 unspecified atom stereocenters. The molecule has 0 spiro atoms. The second kappa shape index (κ2) is 8.19. The molecule has 0 saturated carbocycles. The molecule has 6 heteroatoms. The van der Waals surface area contributed by atoms with Crippen molar-refractivity contribution in [2.24, 2.45) is 5.73 Å². The van der Waals surface area contributed by atoms with Crippen LogP contribution >= 0.6 is 11.8 Å². The largest absolute Gasteiger partial charge is 0.345 e. The zero-order chi connectivity index (χ0) is 15.9. The van der Waals surface area contributed by atoms with Crippen LogP contribution in [-0.4, -0.2) is 33.9 Å². The van der Waals surface area contributed by atoms with Crippen LogP contribution in [0, 0.1) is 0 Å². The van der Waals surface area contributed by atoms with Gasteiger partial charge in [0.1, 0.15) is 5.82 Å². The van der Waals surface area contributed by atoms with Gasteiger partial charge in [0.2, 0.25) is 5.91 Å². The van der Waals surface area contributed by atoms with E-state index in [4.69, 9.17) is 5.73 Å². The quantitative estimate of drug-likeness (QED) is 0.698. The predicted molar refractivity (Wildman–Crippen MR) is 92.9 cm³/mol. The average Bonchev–Trinajstić information content (AvgIpc) is 2.95. The minimum atomic E-state index is -0.453. The Bertz CT molecular complexity index is 580. The van der Waals surface area contributed by atoms with Gasteiger partial charge in [0.05, 0.1) is 23.1 Å². The predicted octanol–water partition coefficient (Wildman–Crippen LogP) is 2.60. The molecule has 0 aliphatic heterocycles. The van der Waals surface area contributed by atoms with Crippen molar-refractivity contribution < 1.29 is 4.79 Å². The molecule has 1 amide bonds. The number of benzene rings is 1. The lowest BCUT2D eigenvalue weighted by atomic mass is 10.1. The molecule has 2 rings (SSSR count). The van der Waals surface area contributed by atoms with Crippen LogP contribution in [0.5, 0.6) is 0 Å². The Morgan fingerprint density at radius 2 is 2.18 bits per heavy atom. The standard InChI is InChI=1S/C16H24N4OS/c1-3-6-11(17)16(21)20-14(9-10-22-2)15-18-12-7-4-5-8-13(12)19-15/h4-5,7-8,11,14H,3,6,9-10,17H2,1-2H3,(H,18,19)(H,20,21). The Balaban J connectivity index is 2.16. The van der Waals surface area contributed by atoms with Gasteiger partial charge in [0.15, 0.2) is 0 Å². The minimum absolute atomic E-state index is 0.103. The summed E-state index contributed by atoms with van der Waals surface area (Å²) in [5, 5.41) is 3.04. The van der Waals surface area contributed by atoms with Crippen LogP contribution in [0.15, 0.2) is 24.3 Å². The van der Waals surface area contributed by atoms with Gasteiger partial charge in [-0.2, -0.15) is 11.8 Å². The number of aromatic amines is 1. The maximum absolute atomic E-state index is 12.2. The molecule has 0 aliphatic rings. The fourth-order valence-corrected chi connectivity index (χ4v) is 2.84. The van der Waals surface area contributed by atoms with Gasteiger partial charge in [-0.3, -0.25) is 4.79 Å². The third kappa shape index (κ3) is 4.24. The van der Waals surface area contributed by atoms with Crippen LogP contribution in [0.2, 0.25) is 0 Å². The number of imidazole rings is 1. The molecule has 0 saturated heterocycles. The third-order valence-electron chi connectivity index (χ3n) is 3.60. The molecule has 0 aliphatic carbocycles. The van der Waals surface area contributed by atoms with Crippen LogP contribution in [0.3, 0.4) is 0 Å². The zero-order valence-corrected chi connectivity index (χ0v) is 14.0. The number of carbonyl (C=O) groups is 1. The van der Waals surface area contributed by atoms with Gasteiger partial charge in [0.25, 0.3) is 0 Å². The van der Waals surface area contributed by atoms with E-state index in [1.54, 1.807) is 11.8 Å². The molecule has 5 nitrogen and oxygen atoms in total. The van der Waals surface area contributed by atoms with Gasteiger partial charge in [-0.15, -0.1) is 0 Å². The first-order valence-corrected chi connectivity index (χ1v) is 9.04. The molecular formula is C16H24N4OS. The summed E-state index contributed by atoms with van der Waals surface area (Å²) >= 11 is 1.75. The number of para-hydroxylation sites is 2. The summed E-state index contributed by atoms with van der Waals surface area (Å²) in [7, 11) is 0. The number of H-pyrrole nitrogens is 1. The summed E-state index contributed by atoms with van der Waals surface area (Å²) in [5.41, 5.74) is 7.81. The Morgan fingerprint density at radius 3 is 2.86 bits per heavy atom. The number of thioether (sulfide) groups is 1. The number of hydrogen-bond donors (Lipinski definition) is 3. The summed E-state index contributed by atoms with van der Waals surface area (Å²) < 4.78 is 0. The van der Waals surface area contributed by atoms with Crippen molar-refractivity contribution >= 4 is 28.7 Å². The lowest BCUT2D eigenvalue weighted by Crippen LogP contribution is -2.42. The second-order valence-corrected chi connectivity index (χ2v) is 6.36. The first-order valence-electron chi connectivity index (χ1n) is 7.65. The summed E-state index contributed by atoms with van der Waals surface area (Å²) in [6, 6.07) is 7.30. The summed E-state index contributed by atoms with van der Waals surface area (Å²) in [4.78, 5) is 20.1. The Morgan fingerprint density at radius 1 is 1.41 bits per heavy atom. The van der Waals surface area contributed by atoms with Gasteiger partial charge in [-0.05, 0) is 37.0 Å². The fraction of sp³-hybridized carbons (Fsp3) is 0.500. The number of fused-ring (bicyclic) bond motifs is 1. The molecular weight excluding hydrogens is 296 g/mol. The Labute approximate surface area is 135 Å². The van der Waals surface area contributed by atoms with E-state index in [1.165, 1.54) is 0 Å². The number of hydrogen-bond acceptors (Lipinski definition) is 4. The lowest BCUT2D eigenvalue weighted by Gasteiger charge is -2.19. The van der Waals surface area contributed by atoms with E-state index in [1.807, 2.05) is 31.2 Å². The van der Waals surface area contributed by atoms with Crippen LogP contribution in [0.4, 0.5) is 0 Å². The highest BCUT2D eigenvalue weighted by atomic mass is 32.2. The second-order valence-electron chi connectivity index (χ2n) is 5.38. The molecule has 1 aromatic carbocycles. The van der Waals surface area contributed by atoms with E-state index in [9.17, 15) is 4.79 Å². The van der Waals surface area contributed by atoms with E-state index in [0.29, 0.717) is 6.42 Å². The van der Waals surface area contributed by atoms with Crippen molar-refractivity contribution in [3.8, 4) is 0 Å². The Hall–Kier alpha value is -1.53. The highest BCUT2D eigenvalue weighted by Crippen LogP contribution is 2.20. The van der Waals surface area contributed by atoms with Crippen molar-refractivity contribution in [3.63, 3.8) is 0 Å². The van der Waals surface area contributed by atoms with Crippen molar-refractivity contribution in [2.45, 2.75) is 38.3 Å². The number of carbonyl (C=O) groups excluding carboxylic acids is 1. The molecule has 22 heavy (non-hydrogen) atoms. The smallest absolute Gasteiger partial charge is 0.237 e. The lowest BCUT2D eigenvalue weighted by molar-refractivity contribution is -0.123. The third-order valence-corrected chi connectivity index (χ3v) is 4.25. The summed E-state index contributed by atoms with van der Waals surface area (Å²) in [6.07, 6.45) is 4.47. The van der Waals surface area contributed by atoms with Crippen molar-refractivity contribution in [1.82, 2.24) is 15.3 Å². The molecule has 4 N–H and O–H groups in total. The fourth-order valence-electron chi connectivity index (χ4n) is 2.37. The maximum atomic E-state index is 12.2. The number of nitrogens with one attached hydrogen (secondary N) is 2. The van der Waals surface area contributed by atoms with Crippen LogP contribution in [0.25, 0.3) is 11.0 Å². The SMILES string of the molecule is CCCC(N)C(=O)NC(CCSC)c1nc2ccccc2[nH]1. The van der Waals surface area contributed by atoms with E-state index < -0.39 is 6.04 Å². The van der Waals surface area contributed by atoms with E-state index in [2.05, 4.69) is 21.5 Å². The number of rotatable bonds is 8. The molecule has 0 bridgehead atoms. The van der Waals surface area contributed by atoms with Crippen LogP contribution < -0.4 is 11.1 Å². The van der Waals surface area contributed by atoms with Crippen LogP contribution in [0.1, 0.15) is 38.1 Å². The first kappa shape index (κ1) is 16.8. The van der Waals surface area contributed by atoms with Gasteiger partial charge in [0, 0.05) is 0 Å².